The number of nitrogens with zero attached hydrogens (tertiary/aromatic N) is 2. The van der Waals surface area contributed by atoms with Gasteiger partial charge >= 0.3 is 0 Å². The Labute approximate surface area is 116 Å². The van der Waals surface area contributed by atoms with Gasteiger partial charge in [-0.3, -0.25) is 14.9 Å². The third-order valence-corrected chi connectivity index (χ3v) is 2.63. The zero-order valence-electron chi connectivity index (χ0n) is 11.0. The normalized spacial score (nSPS) is 10.1. The third-order valence-electron chi connectivity index (χ3n) is 2.63. The minimum absolute atomic E-state index is 0.163. The van der Waals surface area contributed by atoms with Gasteiger partial charge in [-0.2, -0.15) is 0 Å². The maximum absolute atomic E-state index is 11.6. The van der Waals surface area contributed by atoms with Crippen molar-refractivity contribution >= 4 is 5.91 Å². The fraction of sp³-hybridized carbons (Fsp3) is 0.143. The molecule has 1 heterocycles. The molecule has 1 aromatic heterocycles. The van der Waals surface area contributed by atoms with Gasteiger partial charge in [0.05, 0.1) is 12.2 Å². The molecule has 1 aromatic carbocycles. The van der Waals surface area contributed by atoms with Crippen LogP contribution in [-0.2, 0) is 4.79 Å². The van der Waals surface area contributed by atoms with Gasteiger partial charge in [0.1, 0.15) is 0 Å². The Morgan fingerprint density at radius 2 is 2.20 bits per heavy atom. The predicted octanol–water partition coefficient (Wildman–Crippen LogP) is 1.34. The summed E-state index contributed by atoms with van der Waals surface area (Å²) in [6.07, 6.45) is 1.54. The molecule has 0 saturated heterocycles. The molecular formula is C14H16N4O2. The van der Waals surface area contributed by atoms with Crippen LogP contribution in [0.3, 0.4) is 0 Å². The Kier molecular flexibility index (Phi) is 4.52. The average molecular weight is 272 g/mol. The number of nitrogens with one attached hydrogen (secondary N) is 1. The number of hydrogen-bond acceptors (Lipinski definition) is 4. The number of hydrogen-bond donors (Lipinski definition) is 2. The summed E-state index contributed by atoms with van der Waals surface area (Å²) < 4.78 is 5.29. The van der Waals surface area contributed by atoms with Crippen LogP contribution in [0.5, 0.6) is 5.88 Å². The van der Waals surface area contributed by atoms with Crippen molar-refractivity contribution in [1.82, 2.24) is 15.2 Å². The first-order chi connectivity index (χ1) is 9.70. The first-order valence-corrected chi connectivity index (χ1v) is 6.10. The minimum Gasteiger partial charge on any atom is -0.466 e. The van der Waals surface area contributed by atoms with Crippen LogP contribution in [0.4, 0.5) is 0 Å². The van der Waals surface area contributed by atoms with E-state index in [-0.39, 0.29) is 19.1 Å². The van der Waals surface area contributed by atoms with E-state index in [1.807, 2.05) is 30.3 Å². The molecule has 1 amide bonds. The molecule has 104 valence electrons. The van der Waals surface area contributed by atoms with Crippen LogP contribution >= 0.6 is 0 Å². The highest BCUT2D eigenvalue weighted by Crippen LogP contribution is 2.20. The van der Waals surface area contributed by atoms with Gasteiger partial charge in [-0.05, 0) is 5.56 Å². The lowest BCUT2D eigenvalue weighted by Gasteiger charge is -2.13. The SMILES string of the molecule is C=CCN(N)C(=O)COc1cc(-c2ccccc2)[nH]n1. The van der Waals surface area contributed by atoms with Crippen LogP contribution < -0.4 is 10.6 Å². The second kappa shape index (κ2) is 6.53. The Balaban J connectivity index is 1.94. The Hall–Kier alpha value is -2.60. The van der Waals surface area contributed by atoms with Gasteiger partial charge in [0.2, 0.25) is 5.88 Å². The number of aromatic nitrogens is 2. The Morgan fingerprint density at radius 3 is 2.90 bits per heavy atom. The molecule has 2 rings (SSSR count). The lowest BCUT2D eigenvalue weighted by atomic mass is 10.2. The highest BCUT2D eigenvalue weighted by atomic mass is 16.5. The number of hydrazine groups is 1. The van der Waals surface area contributed by atoms with E-state index < -0.39 is 0 Å². The topological polar surface area (TPSA) is 84.2 Å². The summed E-state index contributed by atoms with van der Waals surface area (Å²) in [5.74, 6) is 5.50. The van der Waals surface area contributed by atoms with Crippen molar-refractivity contribution in [3.63, 3.8) is 0 Å². The molecule has 0 aliphatic heterocycles. The van der Waals surface area contributed by atoms with E-state index in [2.05, 4.69) is 16.8 Å². The number of aromatic amines is 1. The molecule has 0 unspecified atom stereocenters. The molecule has 6 nitrogen and oxygen atoms in total. The summed E-state index contributed by atoms with van der Waals surface area (Å²) in [6.45, 7) is 3.62. The molecule has 0 aliphatic rings. The maximum Gasteiger partial charge on any atom is 0.274 e. The van der Waals surface area contributed by atoms with E-state index in [9.17, 15) is 4.79 Å². The van der Waals surface area contributed by atoms with Gasteiger partial charge in [0, 0.05) is 6.07 Å². The quantitative estimate of drug-likeness (QED) is 0.360. The fourth-order valence-corrected chi connectivity index (χ4v) is 1.60. The van der Waals surface area contributed by atoms with Crippen LogP contribution in [0.15, 0.2) is 49.1 Å². The first kappa shape index (κ1) is 13.8. The number of benzene rings is 1. The number of nitrogens with two attached hydrogens (primary N) is 1. The maximum atomic E-state index is 11.6. The number of carbonyl (C=O) groups excluding carboxylic acids is 1. The van der Waals surface area contributed by atoms with Crippen LogP contribution in [0.2, 0.25) is 0 Å². The van der Waals surface area contributed by atoms with Gasteiger partial charge in [-0.25, -0.2) is 5.84 Å². The van der Waals surface area contributed by atoms with Crippen molar-refractivity contribution in [1.29, 1.82) is 0 Å². The van der Waals surface area contributed by atoms with E-state index >= 15 is 0 Å². The second-order valence-electron chi connectivity index (χ2n) is 4.11. The van der Waals surface area contributed by atoms with Gasteiger partial charge in [0.25, 0.3) is 5.91 Å². The Bertz CT molecular complexity index is 580. The molecule has 0 saturated carbocycles. The molecule has 0 atom stereocenters. The molecule has 2 aromatic rings. The highest BCUT2D eigenvalue weighted by molar-refractivity contribution is 5.77. The van der Waals surface area contributed by atoms with E-state index in [0.29, 0.717) is 5.88 Å². The summed E-state index contributed by atoms with van der Waals surface area (Å²) in [5, 5.41) is 7.88. The zero-order chi connectivity index (χ0) is 14.4. The summed E-state index contributed by atoms with van der Waals surface area (Å²) in [4.78, 5) is 11.6. The van der Waals surface area contributed by atoms with E-state index in [0.717, 1.165) is 16.3 Å². The predicted molar refractivity (Wildman–Crippen MR) is 75.6 cm³/mol. The lowest BCUT2D eigenvalue weighted by molar-refractivity contribution is -0.133. The smallest absolute Gasteiger partial charge is 0.274 e. The summed E-state index contributed by atoms with van der Waals surface area (Å²) in [6, 6.07) is 11.4. The molecule has 0 fully saturated rings. The van der Waals surface area contributed by atoms with Gasteiger partial charge in [-0.15, -0.1) is 11.7 Å². The molecule has 3 N–H and O–H groups in total. The second-order valence-corrected chi connectivity index (χ2v) is 4.11. The van der Waals surface area contributed by atoms with E-state index in [1.165, 1.54) is 0 Å². The van der Waals surface area contributed by atoms with Crippen molar-refractivity contribution in [2.75, 3.05) is 13.2 Å². The molecule has 0 bridgehead atoms. The minimum atomic E-state index is -0.339. The highest BCUT2D eigenvalue weighted by Gasteiger charge is 2.10. The number of H-pyrrole nitrogens is 1. The van der Waals surface area contributed by atoms with Crippen molar-refractivity contribution in [3.8, 4) is 17.1 Å². The van der Waals surface area contributed by atoms with E-state index in [4.69, 9.17) is 10.6 Å². The largest absolute Gasteiger partial charge is 0.466 e. The molecule has 0 radical (unpaired) electrons. The van der Waals surface area contributed by atoms with Crippen LogP contribution in [0.25, 0.3) is 11.3 Å². The number of rotatable bonds is 6. The van der Waals surface area contributed by atoms with Crippen LogP contribution in [-0.4, -0.2) is 34.3 Å². The molecule has 0 aliphatic carbocycles. The zero-order valence-corrected chi connectivity index (χ0v) is 11.0. The Morgan fingerprint density at radius 1 is 1.45 bits per heavy atom. The molecular weight excluding hydrogens is 256 g/mol. The first-order valence-electron chi connectivity index (χ1n) is 6.10. The summed E-state index contributed by atoms with van der Waals surface area (Å²) in [5.41, 5.74) is 1.82. The van der Waals surface area contributed by atoms with Crippen LogP contribution in [0, 0.1) is 0 Å². The molecule has 20 heavy (non-hydrogen) atoms. The van der Waals surface area contributed by atoms with E-state index in [1.54, 1.807) is 12.1 Å². The summed E-state index contributed by atoms with van der Waals surface area (Å²) >= 11 is 0. The third kappa shape index (κ3) is 3.46. The lowest BCUT2D eigenvalue weighted by Crippen LogP contribution is -2.40. The monoisotopic (exact) mass is 272 g/mol. The number of carbonyl (C=O) groups is 1. The van der Waals surface area contributed by atoms with Crippen molar-refractivity contribution < 1.29 is 9.53 Å². The molecule has 0 spiro atoms. The number of amides is 1. The molecule has 6 heteroatoms. The number of ether oxygens (including phenoxy) is 1. The van der Waals surface area contributed by atoms with Crippen molar-refractivity contribution in [2.45, 2.75) is 0 Å². The van der Waals surface area contributed by atoms with Gasteiger partial charge < -0.3 is 4.74 Å². The fourth-order valence-electron chi connectivity index (χ4n) is 1.60. The van der Waals surface area contributed by atoms with Crippen molar-refractivity contribution in [2.24, 2.45) is 5.84 Å². The average Bonchev–Trinajstić information content (AvgIpc) is 2.95. The van der Waals surface area contributed by atoms with Crippen molar-refractivity contribution in [3.05, 3.63) is 49.1 Å². The van der Waals surface area contributed by atoms with Gasteiger partial charge in [-0.1, -0.05) is 36.4 Å². The standard InChI is InChI=1S/C14H16N4O2/c1-2-8-18(15)14(19)10-20-13-9-12(16-17-13)11-6-4-3-5-7-11/h2-7,9H,1,8,10,15H2,(H,16,17). The van der Waals surface area contributed by atoms with Gasteiger partial charge in [0.15, 0.2) is 6.61 Å². The van der Waals surface area contributed by atoms with Crippen LogP contribution in [0.1, 0.15) is 0 Å². The summed E-state index contributed by atoms with van der Waals surface area (Å²) in [7, 11) is 0.